The average molecular weight is 308 g/mol. The van der Waals surface area contributed by atoms with Gasteiger partial charge in [0.2, 0.25) is 0 Å². The van der Waals surface area contributed by atoms with Crippen molar-refractivity contribution in [3.05, 3.63) is 65.5 Å². The van der Waals surface area contributed by atoms with E-state index in [1.54, 1.807) is 24.5 Å². The van der Waals surface area contributed by atoms with Crippen molar-refractivity contribution < 1.29 is 4.79 Å². The van der Waals surface area contributed by atoms with Gasteiger partial charge < -0.3 is 11.1 Å². The zero-order chi connectivity index (χ0) is 16.1. The van der Waals surface area contributed by atoms with Crippen LogP contribution in [-0.4, -0.2) is 23.3 Å². The number of amidine groups is 1. The van der Waals surface area contributed by atoms with Crippen molar-refractivity contribution in [1.29, 1.82) is 0 Å². The van der Waals surface area contributed by atoms with Gasteiger partial charge in [0.05, 0.1) is 0 Å². The summed E-state index contributed by atoms with van der Waals surface area (Å²) in [5.74, 6) is -0.127. The molecular weight excluding hydrogens is 288 g/mol. The van der Waals surface area contributed by atoms with Gasteiger partial charge in [0, 0.05) is 29.6 Å². The van der Waals surface area contributed by atoms with Crippen LogP contribution in [0, 0.1) is 0 Å². The molecule has 5 heteroatoms. The maximum Gasteiger partial charge on any atom is 0.278 e. The summed E-state index contributed by atoms with van der Waals surface area (Å²) in [5, 5.41) is 3.50. The fourth-order valence-electron chi connectivity index (χ4n) is 2.76. The maximum atomic E-state index is 12.2. The van der Waals surface area contributed by atoms with Gasteiger partial charge in [-0.25, -0.2) is 0 Å². The molecule has 1 amide bonds. The van der Waals surface area contributed by atoms with Gasteiger partial charge in [-0.15, -0.1) is 0 Å². The van der Waals surface area contributed by atoms with Gasteiger partial charge >= 0.3 is 0 Å². The summed E-state index contributed by atoms with van der Waals surface area (Å²) in [5.41, 5.74) is 8.32. The van der Waals surface area contributed by atoms with Crippen LogP contribution in [0.25, 0.3) is 0 Å². The molecule has 0 radical (unpaired) electrons. The Hall–Kier alpha value is -2.53. The molecule has 3 rings (SSSR count). The van der Waals surface area contributed by atoms with E-state index in [-0.39, 0.29) is 11.7 Å². The van der Waals surface area contributed by atoms with Crippen LogP contribution in [0.1, 0.15) is 46.8 Å². The maximum absolute atomic E-state index is 12.2. The lowest BCUT2D eigenvalue weighted by Gasteiger charge is -2.23. The van der Waals surface area contributed by atoms with Crippen molar-refractivity contribution in [3.63, 3.8) is 0 Å². The Kier molecular flexibility index (Phi) is 4.78. The van der Waals surface area contributed by atoms with Crippen molar-refractivity contribution in [2.75, 3.05) is 6.54 Å². The first-order valence-corrected chi connectivity index (χ1v) is 7.86. The normalized spacial score (nSPS) is 18.6. The second-order valence-corrected chi connectivity index (χ2v) is 5.66. The average Bonchev–Trinajstić information content (AvgIpc) is 2.63. The molecule has 1 unspecified atom stereocenters. The van der Waals surface area contributed by atoms with E-state index in [0.29, 0.717) is 17.2 Å². The van der Waals surface area contributed by atoms with Gasteiger partial charge in [-0.3, -0.25) is 9.78 Å². The summed E-state index contributed by atoms with van der Waals surface area (Å²) >= 11 is 0. The van der Waals surface area contributed by atoms with Gasteiger partial charge in [0.25, 0.3) is 5.91 Å². The topological polar surface area (TPSA) is 80.4 Å². The molecular formula is C18H20N4O. The van der Waals surface area contributed by atoms with Crippen LogP contribution in [0.3, 0.4) is 0 Å². The quantitative estimate of drug-likeness (QED) is 0.674. The lowest BCUT2D eigenvalue weighted by molar-refractivity contribution is 0.100. The number of pyridine rings is 1. The number of nitrogens with one attached hydrogen (secondary N) is 1. The fourth-order valence-corrected chi connectivity index (χ4v) is 2.76. The van der Waals surface area contributed by atoms with E-state index in [4.69, 9.17) is 5.73 Å². The molecule has 23 heavy (non-hydrogen) atoms. The van der Waals surface area contributed by atoms with Crippen molar-refractivity contribution in [2.24, 2.45) is 10.7 Å². The Morgan fingerprint density at radius 2 is 1.83 bits per heavy atom. The highest BCUT2D eigenvalue weighted by Crippen LogP contribution is 2.23. The number of nitrogens with two attached hydrogens (primary N) is 1. The predicted molar refractivity (Wildman–Crippen MR) is 90.3 cm³/mol. The first kappa shape index (κ1) is 15.4. The van der Waals surface area contributed by atoms with Gasteiger partial charge in [-0.1, -0.05) is 18.6 Å². The molecule has 0 bridgehead atoms. The van der Waals surface area contributed by atoms with E-state index in [1.807, 2.05) is 24.3 Å². The highest BCUT2D eigenvalue weighted by Gasteiger charge is 2.15. The second-order valence-electron chi connectivity index (χ2n) is 5.66. The highest BCUT2D eigenvalue weighted by atomic mass is 16.1. The Balaban J connectivity index is 1.72. The Morgan fingerprint density at radius 1 is 1.09 bits per heavy atom. The Morgan fingerprint density at radius 3 is 2.48 bits per heavy atom. The van der Waals surface area contributed by atoms with E-state index < -0.39 is 0 Å². The SMILES string of the molecule is NC(=NC(=O)c1ccc(C2CCCCN2)cc1)c1ccncc1. The third-order valence-corrected chi connectivity index (χ3v) is 4.07. The Bertz CT molecular complexity index is 689. The molecule has 0 spiro atoms. The molecule has 1 aromatic carbocycles. The standard InChI is InChI=1S/C18H20N4O/c19-17(14-8-11-20-12-9-14)22-18(23)15-6-4-13(5-7-15)16-3-1-2-10-21-16/h4-9,11-12,16,21H,1-3,10H2,(H2,19,22,23). The molecule has 2 aromatic rings. The van der Waals surface area contributed by atoms with Crippen LogP contribution in [0.2, 0.25) is 0 Å². The number of carbonyl (C=O) groups excluding carboxylic acids is 1. The minimum Gasteiger partial charge on any atom is -0.383 e. The summed E-state index contributed by atoms with van der Waals surface area (Å²) < 4.78 is 0. The highest BCUT2D eigenvalue weighted by molar-refractivity contribution is 6.08. The van der Waals surface area contributed by atoms with Gasteiger partial charge in [0.15, 0.2) is 0 Å². The number of piperidine rings is 1. The predicted octanol–water partition coefficient (Wildman–Crippen LogP) is 2.44. The minimum absolute atomic E-state index is 0.204. The van der Waals surface area contributed by atoms with E-state index in [2.05, 4.69) is 15.3 Å². The van der Waals surface area contributed by atoms with Crippen LogP contribution >= 0.6 is 0 Å². The van der Waals surface area contributed by atoms with Crippen molar-refractivity contribution >= 4 is 11.7 Å². The smallest absolute Gasteiger partial charge is 0.278 e. The molecule has 1 aromatic heterocycles. The molecule has 1 aliphatic heterocycles. The number of hydrogen-bond acceptors (Lipinski definition) is 3. The van der Waals surface area contributed by atoms with Crippen LogP contribution in [0.5, 0.6) is 0 Å². The van der Waals surface area contributed by atoms with Crippen LogP contribution in [-0.2, 0) is 0 Å². The van der Waals surface area contributed by atoms with Gasteiger partial charge in [-0.05, 0) is 49.2 Å². The number of hydrogen-bond donors (Lipinski definition) is 2. The van der Waals surface area contributed by atoms with E-state index in [0.717, 1.165) is 13.0 Å². The molecule has 3 N–H and O–H groups in total. The van der Waals surface area contributed by atoms with Gasteiger partial charge in [0.1, 0.15) is 5.84 Å². The molecule has 1 saturated heterocycles. The monoisotopic (exact) mass is 308 g/mol. The summed E-state index contributed by atoms with van der Waals surface area (Å²) in [7, 11) is 0. The molecule has 0 saturated carbocycles. The van der Waals surface area contributed by atoms with Gasteiger partial charge in [-0.2, -0.15) is 4.99 Å². The first-order chi connectivity index (χ1) is 11.2. The molecule has 1 atom stereocenters. The van der Waals surface area contributed by atoms with E-state index in [1.165, 1.54) is 18.4 Å². The Labute approximate surface area is 135 Å². The minimum atomic E-state index is -0.331. The summed E-state index contributed by atoms with van der Waals surface area (Å²) in [6.45, 7) is 1.05. The lowest BCUT2D eigenvalue weighted by atomic mass is 9.97. The van der Waals surface area contributed by atoms with Crippen LogP contribution < -0.4 is 11.1 Å². The summed E-state index contributed by atoms with van der Waals surface area (Å²) in [6.07, 6.45) is 6.85. The molecule has 1 aliphatic rings. The zero-order valence-electron chi connectivity index (χ0n) is 12.9. The number of amides is 1. The number of benzene rings is 1. The fraction of sp³-hybridized carbons (Fsp3) is 0.278. The third-order valence-electron chi connectivity index (χ3n) is 4.07. The van der Waals surface area contributed by atoms with Crippen LogP contribution in [0.15, 0.2) is 53.8 Å². The number of nitrogens with zero attached hydrogens (tertiary/aromatic N) is 2. The van der Waals surface area contributed by atoms with Crippen molar-refractivity contribution in [1.82, 2.24) is 10.3 Å². The molecule has 118 valence electrons. The third kappa shape index (κ3) is 3.81. The molecule has 2 heterocycles. The van der Waals surface area contributed by atoms with Crippen molar-refractivity contribution in [3.8, 4) is 0 Å². The van der Waals surface area contributed by atoms with Crippen molar-refractivity contribution in [2.45, 2.75) is 25.3 Å². The summed E-state index contributed by atoms with van der Waals surface area (Å²) in [4.78, 5) is 20.1. The summed E-state index contributed by atoms with van der Waals surface area (Å²) in [6, 6.07) is 11.5. The number of aliphatic imine (C=N–C) groups is 1. The molecule has 0 aliphatic carbocycles. The number of rotatable bonds is 3. The number of carbonyl (C=O) groups is 1. The van der Waals surface area contributed by atoms with E-state index in [9.17, 15) is 4.79 Å². The largest absolute Gasteiger partial charge is 0.383 e. The second kappa shape index (κ2) is 7.15. The van der Waals surface area contributed by atoms with Crippen LogP contribution in [0.4, 0.5) is 0 Å². The first-order valence-electron chi connectivity index (χ1n) is 7.86. The van der Waals surface area contributed by atoms with E-state index >= 15 is 0 Å². The number of aromatic nitrogens is 1. The molecule has 5 nitrogen and oxygen atoms in total. The molecule has 1 fully saturated rings. The lowest BCUT2D eigenvalue weighted by Crippen LogP contribution is -2.26. The zero-order valence-corrected chi connectivity index (χ0v) is 12.9.